The Morgan fingerprint density at radius 3 is 2.59 bits per heavy atom. The molecule has 1 fully saturated rings. The minimum absolute atomic E-state index is 0.0790. The lowest BCUT2D eigenvalue weighted by atomic mass is 9.83. The SMILES string of the molecule is Cc1noc(C)c1-c1cnc2c(n1)c(CC1CCC(F)(F)CC1)cn2-c1ccc(C(=O)O)cn1. The average Bonchev–Trinajstić information content (AvgIpc) is 3.34. The Labute approximate surface area is 193 Å². The largest absolute Gasteiger partial charge is 0.478 e. The highest BCUT2D eigenvalue weighted by molar-refractivity contribution is 5.87. The van der Waals surface area contributed by atoms with Crippen LogP contribution in [0.1, 0.15) is 53.1 Å². The van der Waals surface area contributed by atoms with Gasteiger partial charge in [-0.25, -0.2) is 28.5 Å². The van der Waals surface area contributed by atoms with Gasteiger partial charge in [-0.3, -0.25) is 4.57 Å². The van der Waals surface area contributed by atoms with E-state index in [2.05, 4.69) is 15.1 Å². The van der Waals surface area contributed by atoms with Crippen LogP contribution < -0.4 is 0 Å². The summed E-state index contributed by atoms with van der Waals surface area (Å²) in [7, 11) is 0. The van der Waals surface area contributed by atoms with Crippen LogP contribution in [0.5, 0.6) is 0 Å². The van der Waals surface area contributed by atoms with Crippen molar-refractivity contribution in [1.29, 1.82) is 0 Å². The molecule has 0 aromatic carbocycles. The highest BCUT2D eigenvalue weighted by atomic mass is 19.3. The topological polar surface area (TPSA) is 107 Å². The monoisotopic (exact) mass is 467 g/mol. The second kappa shape index (κ2) is 8.27. The van der Waals surface area contributed by atoms with E-state index in [1.807, 2.05) is 20.0 Å². The molecular weight excluding hydrogens is 444 g/mol. The van der Waals surface area contributed by atoms with Crippen LogP contribution >= 0.6 is 0 Å². The van der Waals surface area contributed by atoms with E-state index >= 15 is 0 Å². The molecule has 0 spiro atoms. The Hall–Kier alpha value is -3.69. The molecule has 0 bridgehead atoms. The highest BCUT2D eigenvalue weighted by Gasteiger charge is 2.35. The zero-order valence-electron chi connectivity index (χ0n) is 18.8. The first kappa shape index (κ1) is 22.1. The van der Waals surface area contributed by atoms with Crippen molar-refractivity contribution in [3.05, 3.63) is 53.3 Å². The summed E-state index contributed by atoms with van der Waals surface area (Å²) in [5.41, 5.74) is 4.26. The van der Waals surface area contributed by atoms with Gasteiger partial charge in [0.25, 0.3) is 0 Å². The number of carboxylic acids is 1. The van der Waals surface area contributed by atoms with Gasteiger partial charge in [0.05, 0.1) is 28.7 Å². The molecule has 0 radical (unpaired) electrons. The highest BCUT2D eigenvalue weighted by Crippen LogP contribution is 2.38. The maximum absolute atomic E-state index is 13.7. The van der Waals surface area contributed by atoms with Crippen molar-refractivity contribution in [2.75, 3.05) is 0 Å². The minimum atomic E-state index is -2.59. The van der Waals surface area contributed by atoms with Gasteiger partial charge in [-0.05, 0) is 56.7 Å². The van der Waals surface area contributed by atoms with Crippen LogP contribution in [0.4, 0.5) is 8.78 Å². The molecule has 1 aliphatic carbocycles. The Bertz CT molecular complexity index is 1350. The smallest absolute Gasteiger partial charge is 0.337 e. The van der Waals surface area contributed by atoms with E-state index in [1.165, 1.54) is 12.3 Å². The Balaban J connectivity index is 1.59. The Morgan fingerprint density at radius 2 is 1.97 bits per heavy atom. The number of carboxylic acid groups (broad SMARTS) is 1. The average molecular weight is 467 g/mol. The lowest BCUT2D eigenvalue weighted by Crippen LogP contribution is -2.25. The molecule has 4 heterocycles. The molecule has 0 saturated heterocycles. The van der Waals surface area contributed by atoms with Gasteiger partial charge in [0.15, 0.2) is 5.65 Å². The van der Waals surface area contributed by atoms with Crippen LogP contribution in [0, 0.1) is 19.8 Å². The van der Waals surface area contributed by atoms with Crippen molar-refractivity contribution in [2.24, 2.45) is 5.92 Å². The molecule has 34 heavy (non-hydrogen) atoms. The predicted octanol–water partition coefficient (Wildman–Crippen LogP) is 5.15. The van der Waals surface area contributed by atoms with Gasteiger partial charge < -0.3 is 9.63 Å². The van der Waals surface area contributed by atoms with Crippen molar-refractivity contribution in [3.63, 3.8) is 0 Å². The van der Waals surface area contributed by atoms with Crippen LogP contribution in [0.2, 0.25) is 0 Å². The standard InChI is InChI=1S/C24H23F2N5O3/c1-13-20(14(2)34-30-13)18-11-28-22-21(29-18)17(9-15-5-7-24(25,26)8-6-15)12-31(22)19-4-3-16(10-27-19)23(32)33/h3-4,10-12,15H,5-9H2,1-2H3,(H,32,33). The molecule has 4 aromatic heterocycles. The molecule has 0 amide bonds. The van der Waals surface area contributed by atoms with E-state index in [1.54, 1.807) is 16.8 Å². The molecule has 4 aromatic rings. The number of alkyl halides is 2. The maximum atomic E-state index is 13.7. The number of aromatic nitrogens is 5. The lowest BCUT2D eigenvalue weighted by Gasteiger charge is -2.28. The first-order chi connectivity index (χ1) is 16.2. The number of aromatic carboxylic acids is 1. The molecule has 1 aliphatic rings. The van der Waals surface area contributed by atoms with Gasteiger partial charge in [0.1, 0.15) is 17.1 Å². The first-order valence-electron chi connectivity index (χ1n) is 11.1. The van der Waals surface area contributed by atoms with E-state index < -0.39 is 11.9 Å². The van der Waals surface area contributed by atoms with Crippen molar-refractivity contribution in [1.82, 2.24) is 24.7 Å². The number of aryl methyl sites for hydroxylation is 2. The van der Waals surface area contributed by atoms with Crippen molar-refractivity contribution in [3.8, 4) is 17.1 Å². The van der Waals surface area contributed by atoms with Gasteiger partial charge in [-0.1, -0.05) is 5.16 Å². The summed E-state index contributed by atoms with van der Waals surface area (Å²) < 4.78 is 34.4. The summed E-state index contributed by atoms with van der Waals surface area (Å²) in [5, 5.41) is 13.2. The number of hydrogen-bond acceptors (Lipinski definition) is 6. The van der Waals surface area contributed by atoms with Crippen molar-refractivity contribution < 1.29 is 23.2 Å². The van der Waals surface area contributed by atoms with Crippen LogP contribution in [0.15, 0.2) is 35.2 Å². The fourth-order valence-electron chi connectivity index (χ4n) is 4.62. The Kier molecular flexibility index (Phi) is 5.38. The lowest BCUT2D eigenvalue weighted by molar-refractivity contribution is -0.0456. The summed E-state index contributed by atoms with van der Waals surface area (Å²) >= 11 is 0. The number of pyridine rings is 1. The van der Waals surface area contributed by atoms with Crippen LogP contribution in [-0.2, 0) is 6.42 Å². The quantitative estimate of drug-likeness (QED) is 0.432. The zero-order chi connectivity index (χ0) is 24.0. The fourth-order valence-corrected chi connectivity index (χ4v) is 4.62. The summed E-state index contributed by atoms with van der Waals surface area (Å²) in [5.74, 6) is -2.40. The molecule has 8 nitrogen and oxygen atoms in total. The van der Waals surface area contributed by atoms with Gasteiger partial charge in [0, 0.05) is 25.2 Å². The summed E-state index contributed by atoms with van der Waals surface area (Å²) in [4.78, 5) is 25.0. The molecule has 10 heteroatoms. The molecule has 1 N–H and O–H groups in total. The van der Waals surface area contributed by atoms with E-state index in [9.17, 15) is 18.7 Å². The molecule has 1 saturated carbocycles. The maximum Gasteiger partial charge on any atom is 0.337 e. The number of hydrogen-bond donors (Lipinski definition) is 1. The minimum Gasteiger partial charge on any atom is -0.478 e. The fraction of sp³-hybridized carbons (Fsp3) is 0.375. The van der Waals surface area contributed by atoms with Gasteiger partial charge in [-0.15, -0.1) is 0 Å². The van der Waals surface area contributed by atoms with Gasteiger partial charge >= 0.3 is 5.97 Å². The van der Waals surface area contributed by atoms with E-state index in [-0.39, 0.29) is 24.3 Å². The molecule has 0 unspecified atom stereocenters. The number of rotatable bonds is 5. The van der Waals surface area contributed by atoms with Crippen molar-refractivity contribution >= 4 is 17.1 Å². The molecule has 0 atom stereocenters. The summed E-state index contributed by atoms with van der Waals surface area (Å²) in [6.07, 6.45) is 6.07. The Morgan fingerprint density at radius 1 is 1.21 bits per heavy atom. The first-order valence-corrected chi connectivity index (χ1v) is 11.1. The third-order valence-electron chi connectivity index (χ3n) is 6.45. The van der Waals surface area contributed by atoms with E-state index in [0.29, 0.717) is 53.4 Å². The second-order valence-corrected chi connectivity index (χ2v) is 8.86. The van der Waals surface area contributed by atoms with Crippen LogP contribution in [-0.4, -0.2) is 41.7 Å². The molecule has 5 rings (SSSR count). The molecule has 176 valence electrons. The number of fused-ring (bicyclic) bond motifs is 1. The number of halogens is 2. The van der Waals surface area contributed by atoms with Crippen molar-refractivity contribution in [2.45, 2.75) is 51.9 Å². The predicted molar refractivity (Wildman–Crippen MR) is 119 cm³/mol. The third kappa shape index (κ3) is 4.04. The van der Waals surface area contributed by atoms with Gasteiger partial charge in [0.2, 0.25) is 5.92 Å². The van der Waals surface area contributed by atoms with Crippen LogP contribution in [0.3, 0.4) is 0 Å². The van der Waals surface area contributed by atoms with Crippen LogP contribution in [0.25, 0.3) is 28.2 Å². The molecule has 0 aliphatic heterocycles. The normalized spacial score (nSPS) is 16.2. The zero-order valence-corrected chi connectivity index (χ0v) is 18.8. The number of carbonyl (C=O) groups is 1. The molecular formula is C24H23F2N5O3. The van der Waals surface area contributed by atoms with E-state index in [0.717, 1.165) is 11.1 Å². The van der Waals surface area contributed by atoms with E-state index in [4.69, 9.17) is 9.51 Å². The van der Waals surface area contributed by atoms with Gasteiger partial charge in [-0.2, -0.15) is 0 Å². The third-order valence-corrected chi connectivity index (χ3v) is 6.45. The number of nitrogens with zero attached hydrogens (tertiary/aromatic N) is 5. The second-order valence-electron chi connectivity index (χ2n) is 8.86. The summed E-state index contributed by atoms with van der Waals surface area (Å²) in [6, 6.07) is 3.09. The summed E-state index contributed by atoms with van der Waals surface area (Å²) in [6.45, 7) is 3.64.